The first kappa shape index (κ1) is 21.1. The van der Waals surface area contributed by atoms with E-state index in [0.29, 0.717) is 15.8 Å². The average molecular weight is 412 g/mol. The average Bonchev–Trinajstić information content (AvgIpc) is 2.56. The molecule has 132 valence electrons. The fourth-order valence-electron chi connectivity index (χ4n) is 2.24. The van der Waals surface area contributed by atoms with Crippen molar-refractivity contribution in [3.63, 3.8) is 0 Å². The van der Waals surface area contributed by atoms with Crippen LogP contribution in [0.15, 0.2) is 30.6 Å². The molecule has 1 aromatic carbocycles. The Morgan fingerprint density at radius 1 is 1.04 bits per heavy atom. The van der Waals surface area contributed by atoms with Crippen LogP contribution in [0.1, 0.15) is 5.56 Å². The van der Waals surface area contributed by atoms with Gasteiger partial charge < -0.3 is 15.0 Å². The fourth-order valence-corrected chi connectivity index (χ4v) is 2.74. The third-order valence-electron chi connectivity index (χ3n) is 3.46. The summed E-state index contributed by atoms with van der Waals surface area (Å²) in [5.74, 6) is 1.32. The smallest absolute Gasteiger partial charge is 0.225 e. The molecule has 2 heterocycles. The number of aromatic nitrogens is 2. The molecule has 1 N–H and O–H groups in total. The Hall–Kier alpha value is -0.980. The predicted molar refractivity (Wildman–Crippen MR) is 102 cm³/mol. The van der Waals surface area contributed by atoms with E-state index in [1.54, 1.807) is 30.6 Å². The number of anilines is 1. The van der Waals surface area contributed by atoms with Crippen molar-refractivity contribution in [1.82, 2.24) is 15.3 Å². The second-order valence-electron chi connectivity index (χ2n) is 4.94. The van der Waals surface area contributed by atoms with Crippen LogP contribution in [0.2, 0.25) is 10.0 Å². The zero-order valence-electron chi connectivity index (χ0n) is 12.7. The molecular weight excluding hydrogens is 394 g/mol. The molecule has 0 amide bonds. The minimum absolute atomic E-state index is 0. The van der Waals surface area contributed by atoms with E-state index >= 15 is 0 Å². The molecule has 1 saturated heterocycles. The first-order valence-electron chi connectivity index (χ1n) is 7.07. The third-order valence-corrected chi connectivity index (χ3v) is 4.17. The zero-order valence-corrected chi connectivity index (χ0v) is 15.9. The quantitative estimate of drug-likeness (QED) is 0.832. The Morgan fingerprint density at radius 2 is 1.62 bits per heavy atom. The van der Waals surface area contributed by atoms with Crippen LogP contribution < -0.4 is 15.0 Å². The van der Waals surface area contributed by atoms with E-state index in [-0.39, 0.29) is 31.4 Å². The van der Waals surface area contributed by atoms with E-state index in [1.165, 1.54) is 0 Å². The maximum atomic E-state index is 6.11. The molecule has 1 fully saturated rings. The molecule has 0 aliphatic carbocycles. The summed E-state index contributed by atoms with van der Waals surface area (Å²) >= 11 is 12.2. The van der Waals surface area contributed by atoms with Gasteiger partial charge in [-0.15, -0.1) is 24.8 Å². The highest BCUT2D eigenvalue weighted by atomic mass is 35.5. The summed E-state index contributed by atoms with van der Waals surface area (Å²) in [5.41, 5.74) is 0.761. The molecule has 0 atom stereocenters. The summed E-state index contributed by atoms with van der Waals surface area (Å²) in [5, 5.41) is 4.48. The van der Waals surface area contributed by atoms with Crippen molar-refractivity contribution in [1.29, 1.82) is 0 Å². The summed E-state index contributed by atoms with van der Waals surface area (Å²) in [6, 6.07) is 5.38. The highest BCUT2D eigenvalue weighted by Crippen LogP contribution is 2.25. The van der Waals surface area contributed by atoms with Gasteiger partial charge in [0.15, 0.2) is 5.75 Å². The number of ether oxygens (including phenoxy) is 1. The van der Waals surface area contributed by atoms with E-state index in [9.17, 15) is 0 Å². The van der Waals surface area contributed by atoms with E-state index in [1.807, 2.05) is 0 Å². The molecule has 0 saturated carbocycles. The van der Waals surface area contributed by atoms with Gasteiger partial charge in [0.1, 0.15) is 6.61 Å². The van der Waals surface area contributed by atoms with Crippen LogP contribution in [0.25, 0.3) is 0 Å². The van der Waals surface area contributed by atoms with Crippen molar-refractivity contribution < 1.29 is 4.74 Å². The first-order valence-corrected chi connectivity index (χ1v) is 7.83. The topological polar surface area (TPSA) is 50.3 Å². The van der Waals surface area contributed by atoms with Crippen LogP contribution >= 0.6 is 48.0 Å². The van der Waals surface area contributed by atoms with Gasteiger partial charge in [-0.05, 0) is 12.1 Å². The van der Waals surface area contributed by atoms with Crippen molar-refractivity contribution in [2.45, 2.75) is 6.61 Å². The lowest BCUT2D eigenvalue weighted by atomic mass is 10.2. The maximum Gasteiger partial charge on any atom is 0.225 e. The van der Waals surface area contributed by atoms with E-state index in [0.717, 1.165) is 37.7 Å². The van der Waals surface area contributed by atoms with Crippen LogP contribution in [-0.4, -0.2) is 36.1 Å². The molecule has 24 heavy (non-hydrogen) atoms. The van der Waals surface area contributed by atoms with Gasteiger partial charge in [0.2, 0.25) is 5.95 Å². The van der Waals surface area contributed by atoms with Crippen molar-refractivity contribution >= 4 is 54.0 Å². The van der Waals surface area contributed by atoms with Crippen molar-refractivity contribution in [3.8, 4) is 5.75 Å². The Balaban J connectivity index is 0.00000144. The third kappa shape index (κ3) is 5.26. The summed E-state index contributed by atoms with van der Waals surface area (Å²) in [6.45, 7) is 4.01. The van der Waals surface area contributed by atoms with Crippen LogP contribution in [0, 0.1) is 0 Å². The lowest BCUT2D eigenvalue weighted by Crippen LogP contribution is -2.44. The van der Waals surface area contributed by atoms with Crippen molar-refractivity contribution in [2.75, 3.05) is 31.1 Å². The number of halogens is 4. The number of piperazine rings is 1. The molecule has 1 aromatic heterocycles. The van der Waals surface area contributed by atoms with Crippen LogP contribution in [-0.2, 0) is 6.61 Å². The Labute approximate surface area is 163 Å². The number of nitrogens with one attached hydrogen (secondary N) is 1. The van der Waals surface area contributed by atoms with Gasteiger partial charge in [0.05, 0.1) is 12.4 Å². The highest BCUT2D eigenvalue weighted by Gasteiger charge is 2.13. The molecule has 0 unspecified atom stereocenters. The van der Waals surface area contributed by atoms with Gasteiger partial charge in [-0.2, -0.15) is 0 Å². The molecule has 2 aromatic rings. The lowest BCUT2D eigenvalue weighted by Gasteiger charge is -2.27. The fraction of sp³-hybridized carbons (Fsp3) is 0.333. The van der Waals surface area contributed by atoms with Gasteiger partial charge in [-0.3, -0.25) is 0 Å². The van der Waals surface area contributed by atoms with Gasteiger partial charge in [0.25, 0.3) is 0 Å². The van der Waals surface area contributed by atoms with Gasteiger partial charge in [-0.25, -0.2) is 9.97 Å². The summed E-state index contributed by atoms with van der Waals surface area (Å²) in [6.07, 6.45) is 3.35. The van der Waals surface area contributed by atoms with Crippen molar-refractivity contribution in [2.24, 2.45) is 0 Å². The summed E-state index contributed by atoms with van der Waals surface area (Å²) in [7, 11) is 0. The van der Waals surface area contributed by atoms with Gasteiger partial charge in [0, 0.05) is 41.8 Å². The largest absolute Gasteiger partial charge is 0.486 e. The first-order chi connectivity index (χ1) is 10.7. The molecule has 1 aliphatic heterocycles. The molecule has 9 heteroatoms. The summed E-state index contributed by atoms with van der Waals surface area (Å²) < 4.78 is 5.67. The Kier molecular flexibility index (Phi) is 8.87. The van der Waals surface area contributed by atoms with Gasteiger partial charge in [-0.1, -0.05) is 29.3 Å². The molecule has 0 spiro atoms. The number of benzene rings is 1. The Bertz CT molecular complexity index is 616. The van der Waals surface area contributed by atoms with Crippen LogP contribution in [0.4, 0.5) is 5.95 Å². The van der Waals surface area contributed by atoms with Crippen LogP contribution in [0.3, 0.4) is 0 Å². The minimum Gasteiger partial charge on any atom is -0.486 e. The normalized spacial score (nSPS) is 13.7. The van der Waals surface area contributed by atoms with E-state index in [2.05, 4.69) is 20.2 Å². The zero-order chi connectivity index (χ0) is 15.4. The van der Waals surface area contributed by atoms with Gasteiger partial charge >= 0.3 is 0 Å². The number of rotatable bonds is 4. The maximum absolute atomic E-state index is 6.11. The van der Waals surface area contributed by atoms with E-state index in [4.69, 9.17) is 27.9 Å². The monoisotopic (exact) mass is 410 g/mol. The second-order valence-corrected chi connectivity index (χ2v) is 5.76. The molecule has 1 aliphatic rings. The summed E-state index contributed by atoms with van der Waals surface area (Å²) in [4.78, 5) is 10.9. The second kappa shape index (κ2) is 10.1. The minimum atomic E-state index is 0. The number of hydrogen-bond acceptors (Lipinski definition) is 5. The highest BCUT2D eigenvalue weighted by molar-refractivity contribution is 6.35. The lowest BCUT2D eigenvalue weighted by molar-refractivity contribution is 0.303. The molecule has 5 nitrogen and oxygen atoms in total. The van der Waals surface area contributed by atoms with Crippen molar-refractivity contribution in [3.05, 3.63) is 46.2 Å². The predicted octanol–water partition coefficient (Wildman–Crippen LogP) is 3.62. The molecule has 3 rings (SSSR count). The SMILES string of the molecule is Cl.Cl.Clc1cccc(Cl)c1COc1cnc(N2CCNCC2)nc1. The molecule has 0 radical (unpaired) electrons. The number of nitrogens with zero attached hydrogens (tertiary/aromatic N) is 3. The molecular formula is C15H18Cl4N4O. The standard InChI is InChI=1S/C15H16Cl2N4O.2ClH/c16-13-2-1-3-14(17)12(13)10-22-11-8-19-15(20-9-11)21-6-4-18-5-7-21;;/h1-3,8-9,18H,4-7,10H2;2*1H. The Morgan fingerprint density at radius 3 is 2.21 bits per heavy atom. The molecule has 0 bridgehead atoms. The number of hydrogen-bond donors (Lipinski definition) is 1. The van der Waals surface area contributed by atoms with E-state index < -0.39 is 0 Å². The van der Waals surface area contributed by atoms with Crippen LogP contribution in [0.5, 0.6) is 5.75 Å².